The lowest BCUT2D eigenvalue weighted by Gasteiger charge is -2.14. The van der Waals surface area contributed by atoms with Crippen LogP contribution in [0.5, 0.6) is 5.75 Å². The van der Waals surface area contributed by atoms with Gasteiger partial charge in [0.25, 0.3) is 0 Å². The number of aromatic hydroxyl groups is 1. The van der Waals surface area contributed by atoms with Crippen molar-refractivity contribution in [1.29, 1.82) is 5.26 Å². The van der Waals surface area contributed by atoms with Crippen molar-refractivity contribution >= 4 is 11.0 Å². The number of nitrogens with zero attached hydrogens (tertiary/aromatic N) is 4. The zero-order valence-electron chi connectivity index (χ0n) is 25.9. The van der Waals surface area contributed by atoms with Crippen molar-refractivity contribution in [3.05, 3.63) is 145 Å². The monoisotopic (exact) mass is 583 g/mol. The Kier molecular flexibility index (Phi) is 6.86. The molecule has 45 heavy (non-hydrogen) atoms. The Hall–Kier alpha value is -5.99. The van der Waals surface area contributed by atoms with Crippen LogP contribution >= 0.6 is 0 Å². The predicted molar refractivity (Wildman–Crippen MR) is 181 cm³/mol. The quantitative estimate of drug-likeness (QED) is 0.211. The molecule has 0 aliphatic rings. The van der Waals surface area contributed by atoms with E-state index in [1.54, 1.807) is 24.4 Å². The molecule has 0 saturated heterocycles. The Morgan fingerprint density at radius 1 is 0.733 bits per heavy atom. The summed E-state index contributed by atoms with van der Waals surface area (Å²) in [6.07, 6.45) is 1.68. The third-order valence-electron chi connectivity index (χ3n) is 8.07. The molecule has 5 aromatic carbocycles. The first-order chi connectivity index (χ1) is 22.3. The SMILES string of the molecule is [2H]C(C)(C)c1cc(-c2ncccc2C#N)cc(-c2cccc3c2nc(-c2cc(-c4ccccc4)ccc2O)n3-c2ccccc2)c1. The van der Waals surface area contributed by atoms with E-state index in [4.69, 9.17) is 6.35 Å². The number of hydrogen-bond donors (Lipinski definition) is 1. The van der Waals surface area contributed by atoms with Crippen molar-refractivity contribution in [3.8, 4) is 62.4 Å². The summed E-state index contributed by atoms with van der Waals surface area (Å²) in [6.45, 7) is 3.70. The average Bonchev–Trinajstić information content (AvgIpc) is 3.48. The van der Waals surface area contributed by atoms with Gasteiger partial charge in [-0.05, 0) is 82.7 Å². The molecule has 0 fully saturated rings. The summed E-state index contributed by atoms with van der Waals surface area (Å²) in [5.74, 6) is -0.163. The second kappa shape index (κ2) is 11.6. The fourth-order valence-corrected chi connectivity index (χ4v) is 5.81. The summed E-state index contributed by atoms with van der Waals surface area (Å²) < 4.78 is 11.0. The van der Waals surface area contributed by atoms with Crippen LogP contribution in [0.15, 0.2) is 134 Å². The van der Waals surface area contributed by atoms with Gasteiger partial charge in [0.15, 0.2) is 0 Å². The molecular formula is C40H30N4O. The molecule has 0 unspecified atom stereocenters. The third-order valence-corrected chi connectivity index (χ3v) is 8.07. The maximum absolute atomic E-state index is 11.2. The van der Waals surface area contributed by atoms with Crippen LogP contribution in [-0.4, -0.2) is 19.6 Å². The highest BCUT2D eigenvalue weighted by atomic mass is 16.3. The number of nitriles is 1. The Bertz CT molecular complexity index is 2260. The highest BCUT2D eigenvalue weighted by molar-refractivity contribution is 5.97. The highest BCUT2D eigenvalue weighted by Crippen LogP contribution is 2.40. The van der Waals surface area contributed by atoms with Crippen LogP contribution in [0.4, 0.5) is 0 Å². The standard InChI is InChI=1S/C40H30N4O/c1-26(2)30-21-31(23-32(22-30)38-29(25-41)13-10-20-42-38)34-16-9-17-36-39(34)43-40(44(36)33-14-7-4-8-15-33)35-24-28(18-19-37(35)45)27-11-5-3-6-12-27/h3-24,26,45H,1-2H3/i26D. The van der Waals surface area contributed by atoms with E-state index in [0.29, 0.717) is 22.6 Å². The maximum Gasteiger partial charge on any atom is 0.149 e. The summed E-state index contributed by atoms with van der Waals surface area (Å²) >= 11 is 0. The number of hydrogen-bond acceptors (Lipinski definition) is 4. The van der Waals surface area contributed by atoms with Crippen molar-refractivity contribution in [2.75, 3.05) is 0 Å². The fourth-order valence-electron chi connectivity index (χ4n) is 5.81. The molecule has 7 aromatic rings. The van der Waals surface area contributed by atoms with Gasteiger partial charge in [0.05, 0.1) is 27.9 Å². The summed E-state index contributed by atoms with van der Waals surface area (Å²) in [7, 11) is 0. The van der Waals surface area contributed by atoms with Crippen LogP contribution < -0.4 is 0 Å². The third kappa shape index (κ3) is 5.13. The number of phenolic OH excluding ortho intramolecular Hbond substituents is 1. The first-order valence-corrected chi connectivity index (χ1v) is 14.8. The Balaban J connectivity index is 1.51. The van der Waals surface area contributed by atoms with E-state index < -0.39 is 5.89 Å². The lowest BCUT2D eigenvalue weighted by Crippen LogP contribution is -1.98. The summed E-state index contributed by atoms with van der Waals surface area (Å²) in [5.41, 5.74) is 9.48. The Morgan fingerprint density at radius 3 is 2.24 bits per heavy atom. The van der Waals surface area contributed by atoms with Gasteiger partial charge in [-0.1, -0.05) is 86.6 Å². The topological polar surface area (TPSA) is 74.7 Å². The average molecular weight is 584 g/mol. The van der Waals surface area contributed by atoms with Crippen molar-refractivity contribution in [3.63, 3.8) is 0 Å². The van der Waals surface area contributed by atoms with E-state index in [-0.39, 0.29) is 5.75 Å². The first kappa shape index (κ1) is 26.6. The number of phenols is 1. The van der Waals surface area contributed by atoms with Crippen LogP contribution in [0.1, 0.15) is 32.2 Å². The smallest absolute Gasteiger partial charge is 0.149 e. The second-order valence-electron chi connectivity index (χ2n) is 11.2. The van der Waals surface area contributed by atoms with Gasteiger partial charge in [-0.3, -0.25) is 9.55 Å². The first-order valence-electron chi connectivity index (χ1n) is 15.3. The van der Waals surface area contributed by atoms with Crippen LogP contribution in [0.3, 0.4) is 0 Å². The van der Waals surface area contributed by atoms with Gasteiger partial charge < -0.3 is 5.11 Å². The Morgan fingerprint density at radius 2 is 1.49 bits per heavy atom. The molecule has 0 aliphatic heterocycles. The van der Waals surface area contributed by atoms with Crippen LogP contribution in [0, 0.1) is 11.3 Å². The van der Waals surface area contributed by atoms with Crippen LogP contribution in [-0.2, 0) is 0 Å². The molecule has 216 valence electrons. The minimum absolute atomic E-state index is 0.133. The molecule has 7 rings (SSSR count). The van der Waals surface area contributed by atoms with Crippen molar-refractivity contribution < 1.29 is 6.48 Å². The zero-order chi connectivity index (χ0) is 31.8. The molecule has 0 radical (unpaired) electrons. The van der Waals surface area contributed by atoms with E-state index in [1.165, 1.54) is 0 Å². The van der Waals surface area contributed by atoms with Crippen molar-refractivity contribution in [2.24, 2.45) is 0 Å². The van der Waals surface area contributed by atoms with E-state index in [1.807, 2.05) is 123 Å². The minimum Gasteiger partial charge on any atom is -0.507 e. The number of fused-ring (bicyclic) bond motifs is 1. The number of aromatic nitrogens is 3. The molecule has 1 N–H and O–H groups in total. The number of rotatable bonds is 6. The predicted octanol–water partition coefficient (Wildman–Crippen LogP) is 9.79. The van der Waals surface area contributed by atoms with E-state index >= 15 is 0 Å². The van der Waals surface area contributed by atoms with Gasteiger partial charge >= 0.3 is 0 Å². The molecule has 5 heteroatoms. The normalized spacial score (nSPS) is 11.7. The minimum atomic E-state index is -0.904. The zero-order valence-corrected chi connectivity index (χ0v) is 24.9. The Labute approximate surface area is 263 Å². The molecule has 0 bridgehead atoms. The van der Waals surface area contributed by atoms with Crippen LogP contribution in [0.25, 0.3) is 61.6 Å². The highest BCUT2D eigenvalue weighted by Gasteiger charge is 2.21. The van der Waals surface area contributed by atoms with Gasteiger partial charge in [0, 0.05) is 24.4 Å². The van der Waals surface area contributed by atoms with Gasteiger partial charge in [-0.25, -0.2) is 4.98 Å². The van der Waals surface area contributed by atoms with E-state index in [9.17, 15) is 10.4 Å². The number of pyridine rings is 1. The lowest BCUT2D eigenvalue weighted by molar-refractivity contribution is 0.477. The largest absolute Gasteiger partial charge is 0.507 e. The molecule has 2 heterocycles. The van der Waals surface area contributed by atoms with Crippen molar-refractivity contribution in [1.82, 2.24) is 14.5 Å². The number of imidazole rings is 1. The van der Waals surface area contributed by atoms with Gasteiger partial charge in [0.1, 0.15) is 17.6 Å². The lowest BCUT2D eigenvalue weighted by atomic mass is 9.92. The number of benzene rings is 5. The molecule has 0 saturated carbocycles. The molecule has 0 spiro atoms. The van der Waals surface area contributed by atoms with Crippen molar-refractivity contribution in [2.45, 2.75) is 19.7 Å². The van der Waals surface area contributed by atoms with Gasteiger partial charge in [-0.2, -0.15) is 5.26 Å². The molecule has 5 nitrogen and oxygen atoms in total. The summed E-state index contributed by atoms with van der Waals surface area (Å²) in [5, 5.41) is 21.1. The van der Waals surface area contributed by atoms with E-state index in [2.05, 4.69) is 15.6 Å². The second-order valence-corrected chi connectivity index (χ2v) is 11.2. The van der Waals surface area contributed by atoms with Crippen LogP contribution in [0.2, 0.25) is 0 Å². The molecular weight excluding hydrogens is 552 g/mol. The molecule has 0 amide bonds. The molecule has 2 aromatic heterocycles. The fraction of sp³-hybridized carbons (Fsp3) is 0.0750. The van der Waals surface area contributed by atoms with Gasteiger partial charge in [-0.15, -0.1) is 0 Å². The van der Waals surface area contributed by atoms with Gasteiger partial charge in [0.2, 0.25) is 0 Å². The number of para-hydroxylation sites is 2. The summed E-state index contributed by atoms with van der Waals surface area (Å²) in [4.78, 5) is 9.80. The molecule has 0 atom stereocenters. The van der Waals surface area contributed by atoms with E-state index in [0.717, 1.165) is 50.1 Å². The maximum atomic E-state index is 11.2. The molecule has 0 aliphatic carbocycles. The summed E-state index contributed by atoms with van der Waals surface area (Å²) in [6, 6.07) is 43.5.